The fraction of sp³-hybridized carbons (Fsp3) is 0.300. The number of rotatable bonds is 4. The first-order chi connectivity index (χ1) is 7.54. The number of ether oxygens (including phenoxy) is 1. The molecule has 0 aliphatic rings. The van der Waals surface area contributed by atoms with Gasteiger partial charge in [-0.25, -0.2) is 4.39 Å². The van der Waals surface area contributed by atoms with E-state index in [1.807, 2.05) is 0 Å². The number of hydrogen-bond donors (Lipinski definition) is 0. The van der Waals surface area contributed by atoms with Gasteiger partial charge in [0.05, 0.1) is 22.4 Å². The Morgan fingerprint density at radius 3 is 2.81 bits per heavy atom. The van der Waals surface area contributed by atoms with Crippen LogP contribution in [-0.4, -0.2) is 22.5 Å². The SMILES string of the molecule is CCOC(=O)CS(=O)c1ccc(F)c(Cl)c1. The Kier molecular flexibility index (Phi) is 4.89. The standard InChI is InChI=1S/C10H10ClFO3S/c1-2-15-10(13)6-16(14)7-3-4-9(12)8(11)5-7/h3-5H,2,6H2,1H3. The normalized spacial score (nSPS) is 12.2. The van der Waals surface area contributed by atoms with Gasteiger partial charge in [-0.3, -0.25) is 9.00 Å². The smallest absolute Gasteiger partial charge is 0.318 e. The number of carbonyl (C=O) groups excluding carboxylic acids is 1. The quantitative estimate of drug-likeness (QED) is 0.783. The van der Waals surface area contributed by atoms with Crippen molar-refractivity contribution >= 4 is 28.4 Å². The third kappa shape index (κ3) is 3.57. The van der Waals surface area contributed by atoms with E-state index in [-0.39, 0.29) is 17.4 Å². The fourth-order valence-electron chi connectivity index (χ4n) is 1.01. The molecule has 0 aliphatic heterocycles. The number of benzene rings is 1. The van der Waals surface area contributed by atoms with Gasteiger partial charge in [-0.05, 0) is 25.1 Å². The van der Waals surface area contributed by atoms with Gasteiger partial charge < -0.3 is 4.74 Å². The Labute approximate surface area is 100 Å². The first-order valence-electron chi connectivity index (χ1n) is 4.53. The van der Waals surface area contributed by atoms with E-state index in [1.54, 1.807) is 6.92 Å². The van der Waals surface area contributed by atoms with Crippen LogP contribution < -0.4 is 0 Å². The van der Waals surface area contributed by atoms with Gasteiger partial charge in [0, 0.05) is 4.90 Å². The van der Waals surface area contributed by atoms with Gasteiger partial charge in [0.2, 0.25) is 0 Å². The van der Waals surface area contributed by atoms with Crippen LogP contribution in [0.4, 0.5) is 4.39 Å². The summed E-state index contributed by atoms with van der Waals surface area (Å²) in [5, 5.41) is -0.116. The van der Waals surface area contributed by atoms with Gasteiger partial charge in [0.1, 0.15) is 11.6 Å². The van der Waals surface area contributed by atoms with E-state index in [0.717, 1.165) is 6.07 Å². The lowest BCUT2D eigenvalue weighted by Crippen LogP contribution is -2.14. The molecule has 0 bridgehead atoms. The summed E-state index contributed by atoms with van der Waals surface area (Å²) in [6, 6.07) is 3.68. The molecule has 1 aromatic rings. The van der Waals surface area contributed by atoms with Crippen molar-refractivity contribution in [1.29, 1.82) is 0 Å². The minimum absolute atomic E-state index is 0.116. The van der Waals surface area contributed by atoms with Crippen LogP contribution in [0.1, 0.15) is 6.92 Å². The first kappa shape index (κ1) is 13.1. The van der Waals surface area contributed by atoms with Crippen molar-refractivity contribution in [2.75, 3.05) is 12.4 Å². The highest BCUT2D eigenvalue weighted by Crippen LogP contribution is 2.18. The Morgan fingerprint density at radius 1 is 1.56 bits per heavy atom. The molecule has 0 N–H and O–H groups in total. The van der Waals surface area contributed by atoms with Crippen LogP contribution >= 0.6 is 11.6 Å². The summed E-state index contributed by atoms with van der Waals surface area (Å²) in [4.78, 5) is 11.4. The lowest BCUT2D eigenvalue weighted by Gasteiger charge is -2.03. The molecule has 16 heavy (non-hydrogen) atoms. The number of carbonyl (C=O) groups is 1. The maximum atomic E-state index is 12.8. The zero-order chi connectivity index (χ0) is 12.1. The summed E-state index contributed by atoms with van der Waals surface area (Å²) in [7, 11) is -1.56. The third-order valence-corrected chi connectivity index (χ3v) is 3.28. The second-order valence-electron chi connectivity index (χ2n) is 2.87. The molecule has 0 spiro atoms. The Bertz CT molecular complexity index is 423. The molecule has 0 saturated carbocycles. The summed E-state index contributed by atoms with van der Waals surface area (Å²) in [6.07, 6.45) is 0. The highest BCUT2D eigenvalue weighted by Gasteiger charge is 2.12. The molecule has 0 saturated heterocycles. The topological polar surface area (TPSA) is 43.4 Å². The van der Waals surface area contributed by atoms with E-state index in [0.29, 0.717) is 4.90 Å². The monoisotopic (exact) mass is 264 g/mol. The maximum Gasteiger partial charge on any atom is 0.318 e. The second-order valence-corrected chi connectivity index (χ2v) is 4.73. The molecule has 1 rings (SSSR count). The van der Waals surface area contributed by atoms with Crippen molar-refractivity contribution in [3.8, 4) is 0 Å². The molecule has 0 radical (unpaired) electrons. The lowest BCUT2D eigenvalue weighted by molar-refractivity contribution is -0.139. The van der Waals surface area contributed by atoms with E-state index in [4.69, 9.17) is 11.6 Å². The maximum absolute atomic E-state index is 12.8. The molecule has 6 heteroatoms. The average molecular weight is 265 g/mol. The van der Waals surface area contributed by atoms with Gasteiger partial charge in [0.25, 0.3) is 0 Å². The highest BCUT2D eigenvalue weighted by molar-refractivity contribution is 7.85. The molecule has 1 atom stereocenters. The summed E-state index contributed by atoms with van der Waals surface area (Å²) in [5.74, 6) is -1.39. The van der Waals surface area contributed by atoms with Crippen LogP contribution in [0.3, 0.4) is 0 Å². The Balaban J connectivity index is 2.73. The van der Waals surface area contributed by atoms with Crippen LogP contribution in [0.5, 0.6) is 0 Å². The summed E-state index contributed by atoms with van der Waals surface area (Å²) < 4.78 is 29.1. The van der Waals surface area contributed by atoms with Crippen LogP contribution in [0.25, 0.3) is 0 Å². The fourth-order valence-corrected chi connectivity index (χ4v) is 2.19. The Hall–Kier alpha value is -0.940. The van der Waals surface area contributed by atoms with E-state index >= 15 is 0 Å². The zero-order valence-electron chi connectivity index (χ0n) is 8.54. The molecule has 1 aromatic carbocycles. The van der Waals surface area contributed by atoms with Crippen LogP contribution in [0, 0.1) is 5.82 Å². The number of hydrogen-bond acceptors (Lipinski definition) is 3. The molecular formula is C10H10ClFO3S. The summed E-state index contributed by atoms with van der Waals surface area (Å²) >= 11 is 5.53. The Morgan fingerprint density at radius 2 is 2.25 bits per heavy atom. The molecule has 3 nitrogen and oxygen atoms in total. The van der Waals surface area contributed by atoms with E-state index in [2.05, 4.69) is 4.74 Å². The van der Waals surface area contributed by atoms with Gasteiger partial charge in [-0.15, -0.1) is 0 Å². The van der Waals surface area contributed by atoms with Crippen molar-refractivity contribution < 1.29 is 18.1 Å². The molecule has 0 aliphatic carbocycles. The molecule has 0 aromatic heterocycles. The highest BCUT2D eigenvalue weighted by atomic mass is 35.5. The summed E-state index contributed by atoms with van der Waals surface area (Å²) in [5.41, 5.74) is 0. The van der Waals surface area contributed by atoms with Crippen molar-refractivity contribution in [2.45, 2.75) is 11.8 Å². The second kappa shape index (κ2) is 5.96. The first-order valence-corrected chi connectivity index (χ1v) is 6.23. The van der Waals surface area contributed by atoms with E-state index in [1.165, 1.54) is 12.1 Å². The van der Waals surface area contributed by atoms with Gasteiger partial charge >= 0.3 is 5.97 Å². The minimum Gasteiger partial charge on any atom is -0.465 e. The minimum atomic E-state index is -1.56. The lowest BCUT2D eigenvalue weighted by atomic mass is 10.3. The zero-order valence-corrected chi connectivity index (χ0v) is 10.1. The van der Waals surface area contributed by atoms with Crippen molar-refractivity contribution in [2.24, 2.45) is 0 Å². The van der Waals surface area contributed by atoms with Crippen LogP contribution in [0.2, 0.25) is 5.02 Å². The van der Waals surface area contributed by atoms with Gasteiger partial charge in [0.15, 0.2) is 0 Å². The third-order valence-electron chi connectivity index (χ3n) is 1.71. The van der Waals surface area contributed by atoms with E-state index < -0.39 is 22.6 Å². The van der Waals surface area contributed by atoms with Crippen LogP contribution in [0.15, 0.2) is 23.1 Å². The predicted molar refractivity (Wildman–Crippen MR) is 59.3 cm³/mol. The molecule has 1 unspecified atom stereocenters. The molecule has 0 fully saturated rings. The number of esters is 1. The van der Waals surface area contributed by atoms with E-state index in [9.17, 15) is 13.4 Å². The van der Waals surface area contributed by atoms with Crippen molar-refractivity contribution in [3.63, 3.8) is 0 Å². The molecular weight excluding hydrogens is 255 g/mol. The molecule has 88 valence electrons. The van der Waals surface area contributed by atoms with Crippen LogP contribution in [-0.2, 0) is 20.3 Å². The van der Waals surface area contributed by atoms with Gasteiger partial charge in [-0.2, -0.15) is 0 Å². The number of halogens is 2. The molecule has 0 heterocycles. The van der Waals surface area contributed by atoms with Gasteiger partial charge in [-0.1, -0.05) is 11.6 Å². The van der Waals surface area contributed by atoms with Crippen molar-refractivity contribution in [1.82, 2.24) is 0 Å². The predicted octanol–water partition coefficient (Wildman–Crippen LogP) is 2.15. The summed E-state index contributed by atoms with van der Waals surface area (Å²) in [6.45, 7) is 1.90. The molecule has 0 amide bonds. The van der Waals surface area contributed by atoms with Crippen molar-refractivity contribution in [3.05, 3.63) is 29.0 Å². The largest absolute Gasteiger partial charge is 0.465 e. The average Bonchev–Trinajstić information content (AvgIpc) is 2.22.